The van der Waals surface area contributed by atoms with Crippen molar-refractivity contribution >= 4 is 10.2 Å². The van der Waals surface area contributed by atoms with Gasteiger partial charge in [-0.25, -0.2) is 4.98 Å². The molecule has 1 heterocycles. The van der Waals surface area contributed by atoms with E-state index in [2.05, 4.69) is 9.72 Å². The standard InChI is InChI=1S/C6H6FNO3S/c1-11-6-4-5(2-3-8-6)12(7,9)10/h2-4H,1H3. The fraction of sp³-hybridized carbons (Fsp3) is 0.167. The summed E-state index contributed by atoms with van der Waals surface area (Å²) in [5.74, 6) is 0.0636. The lowest BCUT2D eigenvalue weighted by atomic mass is 10.5. The smallest absolute Gasteiger partial charge is 0.332 e. The van der Waals surface area contributed by atoms with Crippen molar-refractivity contribution in [3.05, 3.63) is 18.3 Å². The van der Waals surface area contributed by atoms with Crippen molar-refractivity contribution < 1.29 is 17.0 Å². The highest BCUT2D eigenvalue weighted by atomic mass is 32.3. The van der Waals surface area contributed by atoms with Crippen LogP contribution in [0.25, 0.3) is 0 Å². The average Bonchev–Trinajstić information content (AvgIpc) is 2.03. The normalized spacial score (nSPS) is 11.2. The largest absolute Gasteiger partial charge is 0.481 e. The van der Waals surface area contributed by atoms with Gasteiger partial charge >= 0.3 is 10.2 Å². The molecule has 66 valence electrons. The topological polar surface area (TPSA) is 56.3 Å². The van der Waals surface area contributed by atoms with E-state index in [4.69, 9.17) is 0 Å². The summed E-state index contributed by atoms with van der Waals surface area (Å²) in [7, 11) is -3.34. The number of nitrogens with zero attached hydrogens (tertiary/aromatic N) is 1. The molecule has 1 aromatic heterocycles. The maximum absolute atomic E-state index is 12.3. The highest BCUT2D eigenvalue weighted by molar-refractivity contribution is 7.86. The Morgan fingerprint density at radius 3 is 2.75 bits per heavy atom. The molecule has 1 rings (SSSR count). The van der Waals surface area contributed by atoms with Gasteiger partial charge in [-0.15, -0.1) is 3.89 Å². The zero-order valence-corrected chi connectivity index (χ0v) is 7.01. The van der Waals surface area contributed by atoms with E-state index >= 15 is 0 Å². The summed E-state index contributed by atoms with van der Waals surface area (Å²) in [5, 5.41) is 0. The summed E-state index contributed by atoms with van der Waals surface area (Å²) >= 11 is 0. The Kier molecular flexibility index (Phi) is 2.27. The predicted octanol–water partition coefficient (Wildman–Crippen LogP) is 0.748. The highest BCUT2D eigenvalue weighted by Crippen LogP contribution is 2.15. The summed E-state index contributed by atoms with van der Waals surface area (Å²) < 4.78 is 37.6. The molecule has 0 saturated heterocycles. The van der Waals surface area contributed by atoms with Gasteiger partial charge in [0, 0.05) is 12.3 Å². The van der Waals surface area contributed by atoms with E-state index in [-0.39, 0.29) is 5.88 Å². The number of halogens is 1. The van der Waals surface area contributed by atoms with Gasteiger partial charge in [0.15, 0.2) is 0 Å². The van der Waals surface area contributed by atoms with E-state index in [1.807, 2.05) is 0 Å². The fourth-order valence-electron chi connectivity index (χ4n) is 0.655. The SMILES string of the molecule is COc1cc(S(=O)(=O)F)ccn1. The third-order valence-electron chi connectivity index (χ3n) is 1.20. The van der Waals surface area contributed by atoms with Gasteiger partial charge in [0.25, 0.3) is 0 Å². The van der Waals surface area contributed by atoms with Crippen LogP contribution in [-0.2, 0) is 10.2 Å². The Hall–Kier alpha value is -1.17. The number of methoxy groups -OCH3 is 1. The van der Waals surface area contributed by atoms with E-state index in [9.17, 15) is 12.3 Å². The lowest BCUT2D eigenvalue weighted by Gasteiger charge is -1.98. The van der Waals surface area contributed by atoms with Crippen LogP contribution < -0.4 is 4.74 Å². The Morgan fingerprint density at radius 1 is 1.58 bits per heavy atom. The summed E-state index contributed by atoms with van der Waals surface area (Å²) in [5.41, 5.74) is 0. The molecule has 0 aliphatic rings. The predicted molar refractivity (Wildman–Crippen MR) is 39.1 cm³/mol. The zero-order chi connectivity index (χ0) is 9.19. The molecule has 0 spiro atoms. The minimum atomic E-state index is -4.66. The highest BCUT2D eigenvalue weighted by Gasteiger charge is 2.12. The Labute approximate surface area is 69.2 Å². The molecule has 0 amide bonds. The quantitative estimate of drug-likeness (QED) is 0.647. The summed E-state index contributed by atoms with van der Waals surface area (Å²) in [6.45, 7) is 0. The maximum atomic E-state index is 12.3. The molecule has 6 heteroatoms. The molecule has 4 nitrogen and oxygen atoms in total. The van der Waals surface area contributed by atoms with Crippen LogP contribution in [0.3, 0.4) is 0 Å². The van der Waals surface area contributed by atoms with Crippen LogP contribution >= 0.6 is 0 Å². The Balaban J connectivity index is 3.20. The van der Waals surface area contributed by atoms with Crippen LogP contribution in [0.2, 0.25) is 0 Å². The van der Waals surface area contributed by atoms with Crippen molar-refractivity contribution in [1.82, 2.24) is 4.98 Å². The average molecular weight is 191 g/mol. The molecule has 1 aromatic rings. The molecule has 0 N–H and O–H groups in total. The lowest BCUT2D eigenvalue weighted by Crippen LogP contribution is -1.94. The van der Waals surface area contributed by atoms with Crippen LogP contribution in [0.5, 0.6) is 5.88 Å². The van der Waals surface area contributed by atoms with Gasteiger partial charge < -0.3 is 4.74 Å². The number of pyridine rings is 1. The summed E-state index contributed by atoms with van der Waals surface area (Å²) in [6, 6.07) is 2.06. The van der Waals surface area contributed by atoms with Crippen molar-refractivity contribution in [2.45, 2.75) is 4.90 Å². The zero-order valence-electron chi connectivity index (χ0n) is 6.19. The van der Waals surface area contributed by atoms with Gasteiger partial charge in [-0.05, 0) is 6.07 Å². The number of rotatable bonds is 2. The molecule has 0 aromatic carbocycles. The van der Waals surface area contributed by atoms with Crippen molar-refractivity contribution in [3.63, 3.8) is 0 Å². The Bertz CT molecular complexity index is 376. The van der Waals surface area contributed by atoms with Gasteiger partial charge in [0.1, 0.15) is 4.90 Å². The minimum absolute atomic E-state index is 0.0636. The van der Waals surface area contributed by atoms with Gasteiger partial charge in [-0.3, -0.25) is 0 Å². The first kappa shape index (κ1) is 8.92. The van der Waals surface area contributed by atoms with E-state index in [0.717, 1.165) is 18.3 Å². The van der Waals surface area contributed by atoms with Gasteiger partial charge in [-0.1, -0.05) is 0 Å². The number of ether oxygens (including phenoxy) is 1. The van der Waals surface area contributed by atoms with Crippen LogP contribution in [0.1, 0.15) is 0 Å². The molecule has 0 atom stereocenters. The minimum Gasteiger partial charge on any atom is -0.481 e. The summed E-state index contributed by atoms with van der Waals surface area (Å²) in [4.78, 5) is 3.17. The fourth-order valence-corrected chi connectivity index (χ4v) is 1.12. The van der Waals surface area contributed by atoms with Crippen molar-refractivity contribution in [2.75, 3.05) is 7.11 Å². The van der Waals surface area contributed by atoms with Gasteiger partial charge in [-0.2, -0.15) is 8.42 Å². The second kappa shape index (κ2) is 3.06. The Morgan fingerprint density at radius 2 is 2.25 bits per heavy atom. The van der Waals surface area contributed by atoms with Crippen LogP contribution in [0.15, 0.2) is 23.2 Å². The molecular weight excluding hydrogens is 185 g/mol. The number of hydrogen-bond donors (Lipinski definition) is 0. The van der Waals surface area contributed by atoms with E-state index in [1.165, 1.54) is 7.11 Å². The van der Waals surface area contributed by atoms with E-state index in [0.29, 0.717) is 0 Å². The second-order valence-corrected chi connectivity index (χ2v) is 3.32. The van der Waals surface area contributed by atoms with Crippen LogP contribution in [-0.4, -0.2) is 20.5 Å². The lowest BCUT2D eigenvalue weighted by molar-refractivity contribution is 0.396. The first-order valence-electron chi connectivity index (χ1n) is 2.99. The van der Waals surface area contributed by atoms with Crippen LogP contribution in [0, 0.1) is 0 Å². The van der Waals surface area contributed by atoms with Gasteiger partial charge in [0.05, 0.1) is 7.11 Å². The molecule has 0 saturated carbocycles. The molecule has 0 aliphatic carbocycles. The van der Waals surface area contributed by atoms with Crippen molar-refractivity contribution in [2.24, 2.45) is 0 Å². The van der Waals surface area contributed by atoms with Gasteiger partial charge in [0.2, 0.25) is 5.88 Å². The first-order chi connectivity index (χ1) is 5.54. The first-order valence-corrected chi connectivity index (χ1v) is 4.37. The van der Waals surface area contributed by atoms with E-state index < -0.39 is 15.1 Å². The number of aromatic nitrogens is 1. The third kappa shape index (κ3) is 1.91. The monoisotopic (exact) mass is 191 g/mol. The molecule has 12 heavy (non-hydrogen) atoms. The molecule has 0 radical (unpaired) electrons. The van der Waals surface area contributed by atoms with Crippen molar-refractivity contribution in [1.29, 1.82) is 0 Å². The molecule has 0 bridgehead atoms. The van der Waals surface area contributed by atoms with E-state index in [1.54, 1.807) is 0 Å². The molecular formula is C6H6FNO3S. The van der Waals surface area contributed by atoms with Crippen LogP contribution in [0.4, 0.5) is 3.89 Å². The maximum Gasteiger partial charge on any atom is 0.332 e. The molecule has 0 unspecified atom stereocenters. The summed E-state index contributed by atoms with van der Waals surface area (Å²) in [6.07, 6.45) is 1.16. The third-order valence-corrected chi connectivity index (χ3v) is 2.01. The second-order valence-electron chi connectivity index (χ2n) is 1.97. The molecule has 0 fully saturated rings. The van der Waals surface area contributed by atoms with Crippen molar-refractivity contribution in [3.8, 4) is 5.88 Å². The number of hydrogen-bond acceptors (Lipinski definition) is 4. The molecule has 0 aliphatic heterocycles.